The fraction of sp³-hybridized carbons (Fsp3) is 0.222. The summed E-state index contributed by atoms with van der Waals surface area (Å²) in [5.41, 5.74) is 1.91. The lowest BCUT2D eigenvalue weighted by Crippen LogP contribution is -2.13. The molecule has 0 radical (unpaired) electrons. The number of hydrogen-bond donors (Lipinski definition) is 1. The van der Waals surface area contributed by atoms with Gasteiger partial charge in [-0.05, 0) is 42.6 Å². The zero-order valence-electron chi connectivity index (χ0n) is 13.9. The minimum absolute atomic E-state index is 0.0170. The molecule has 3 rings (SSSR count). The molecule has 0 saturated heterocycles. The first kappa shape index (κ1) is 18.0. The first-order chi connectivity index (χ1) is 12.2. The van der Waals surface area contributed by atoms with Gasteiger partial charge in [0.05, 0.1) is 18.6 Å². The molecule has 3 aromatic rings. The molecule has 0 fully saturated rings. The van der Waals surface area contributed by atoms with Crippen LogP contribution in [0.3, 0.4) is 0 Å². The summed E-state index contributed by atoms with van der Waals surface area (Å²) in [6.45, 7) is 2.01. The van der Waals surface area contributed by atoms with E-state index in [9.17, 15) is 4.79 Å². The summed E-state index contributed by atoms with van der Waals surface area (Å²) in [5.74, 6) is 2.08. The number of thiophene rings is 1. The monoisotopic (exact) mass is 390 g/mol. The van der Waals surface area contributed by atoms with Crippen molar-refractivity contribution < 1.29 is 9.53 Å². The molecule has 0 aliphatic carbocycles. The van der Waals surface area contributed by atoms with Crippen LogP contribution in [0.5, 0.6) is 5.75 Å². The Bertz CT molecular complexity index is 827. The number of hydrogen-bond acceptors (Lipinski definition) is 6. The highest BCUT2D eigenvalue weighted by molar-refractivity contribution is 7.99. The maximum atomic E-state index is 12.1. The van der Waals surface area contributed by atoms with E-state index in [1.165, 1.54) is 16.2 Å². The molecule has 4 nitrogen and oxygen atoms in total. The molecular formula is C18H18N2O2S3. The topological polar surface area (TPSA) is 51.2 Å². The molecule has 0 spiro atoms. The maximum Gasteiger partial charge on any atom is 0.236 e. The number of nitrogens with one attached hydrogen (secondary N) is 1. The van der Waals surface area contributed by atoms with Gasteiger partial charge in [-0.25, -0.2) is 4.98 Å². The van der Waals surface area contributed by atoms with Crippen LogP contribution in [0.1, 0.15) is 9.75 Å². The number of ether oxygens (including phenoxy) is 1. The van der Waals surface area contributed by atoms with Crippen molar-refractivity contribution in [3.05, 3.63) is 51.5 Å². The number of methoxy groups -OCH3 is 1. The van der Waals surface area contributed by atoms with E-state index in [1.54, 1.807) is 30.2 Å². The third kappa shape index (κ3) is 4.84. The largest absolute Gasteiger partial charge is 0.497 e. The number of thioether (sulfide) groups is 1. The second-order valence-electron chi connectivity index (χ2n) is 5.27. The fourth-order valence-corrected chi connectivity index (χ4v) is 4.78. The Labute approximate surface area is 159 Å². The summed E-state index contributed by atoms with van der Waals surface area (Å²) in [6, 6.07) is 11.9. The molecule has 1 amide bonds. The molecule has 25 heavy (non-hydrogen) atoms. The van der Waals surface area contributed by atoms with Gasteiger partial charge in [0, 0.05) is 21.1 Å². The van der Waals surface area contributed by atoms with Crippen LogP contribution in [-0.4, -0.2) is 23.8 Å². The van der Waals surface area contributed by atoms with Crippen molar-refractivity contribution in [2.75, 3.05) is 18.2 Å². The number of anilines is 1. The van der Waals surface area contributed by atoms with Crippen LogP contribution >= 0.6 is 34.4 Å². The van der Waals surface area contributed by atoms with Crippen molar-refractivity contribution in [3.8, 4) is 17.0 Å². The standard InChI is InChI=1S/C18H18N2O2S3/c1-12-17(13-5-7-14(22-2)8-6-13)20-18(25-12)19-16(21)11-23-10-15-4-3-9-24-15/h3-9H,10-11H2,1-2H3,(H,19,20,21). The van der Waals surface area contributed by atoms with Gasteiger partial charge in [-0.3, -0.25) is 4.79 Å². The number of carbonyl (C=O) groups excluding carboxylic acids is 1. The molecule has 0 unspecified atom stereocenters. The van der Waals surface area contributed by atoms with E-state index in [2.05, 4.69) is 21.7 Å². The van der Waals surface area contributed by atoms with Crippen LogP contribution in [0.25, 0.3) is 11.3 Å². The van der Waals surface area contributed by atoms with Crippen molar-refractivity contribution in [2.24, 2.45) is 0 Å². The highest BCUT2D eigenvalue weighted by Gasteiger charge is 2.12. The second-order valence-corrected chi connectivity index (χ2v) is 8.49. The summed E-state index contributed by atoms with van der Waals surface area (Å²) < 4.78 is 5.18. The van der Waals surface area contributed by atoms with Crippen molar-refractivity contribution in [1.29, 1.82) is 0 Å². The number of amides is 1. The lowest BCUT2D eigenvalue weighted by molar-refractivity contribution is -0.113. The third-order valence-electron chi connectivity index (χ3n) is 3.46. The van der Waals surface area contributed by atoms with Crippen LogP contribution in [0.2, 0.25) is 0 Å². The Balaban J connectivity index is 1.58. The second kappa shape index (κ2) is 8.51. The van der Waals surface area contributed by atoms with E-state index in [0.29, 0.717) is 10.9 Å². The molecule has 2 heterocycles. The van der Waals surface area contributed by atoms with Crippen LogP contribution in [-0.2, 0) is 10.5 Å². The Kier molecular flexibility index (Phi) is 6.12. The number of carbonyl (C=O) groups is 1. The molecule has 7 heteroatoms. The third-order valence-corrected chi connectivity index (χ3v) is 6.39. The SMILES string of the molecule is COc1ccc(-c2nc(NC(=O)CSCc3cccs3)sc2C)cc1. The summed E-state index contributed by atoms with van der Waals surface area (Å²) >= 11 is 4.82. The number of benzene rings is 1. The van der Waals surface area contributed by atoms with Crippen molar-refractivity contribution in [3.63, 3.8) is 0 Å². The van der Waals surface area contributed by atoms with E-state index in [-0.39, 0.29) is 5.91 Å². The Morgan fingerprint density at radius 3 is 2.76 bits per heavy atom. The van der Waals surface area contributed by atoms with Crippen molar-refractivity contribution >= 4 is 45.5 Å². The van der Waals surface area contributed by atoms with E-state index in [1.807, 2.05) is 37.3 Å². The summed E-state index contributed by atoms with van der Waals surface area (Å²) in [4.78, 5) is 19.0. The average molecular weight is 391 g/mol. The first-order valence-electron chi connectivity index (χ1n) is 7.67. The number of aromatic nitrogens is 1. The van der Waals surface area contributed by atoms with Crippen LogP contribution in [0, 0.1) is 6.92 Å². The highest BCUT2D eigenvalue weighted by atomic mass is 32.2. The van der Waals surface area contributed by atoms with Gasteiger partial charge in [0.15, 0.2) is 5.13 Å². The van der Waals surface area contributed by atoms with Crippen LogP contribution < -0.4 is 10.1 Å². The Morgan fingerprint density at radius 2 is 2.08 bits per heavy atom. The average Bonchev–Trinajstić information content (AvgIpc) is 3.25. The molecule has 0 saturated carbocycles. The van der Waals surface area contributed by atoms with Gasteiger partial charge in [0.25, 0.3) is 0 Å². The smallest absolute Gasteiger partial charge is 0.236 e. The maximum absolute atomic E-state index is 12.1. The Morgan fingerprint density at radius 1 is 1.28 bits per heavy atom. The van der Waals surface area contributed by atoms with Gasteiger partial charge in [0.1, 0.15) is 5.75 Å². The summed E-state index contributed by atoms with van der Waals surface area (Å²) in [5, 5.41) is 5.60. The normalized spacial score (nSPS) is 10.6. The summed E-state index contributed by atoms with van der Waals surface area (Å²) in [7, 11) is 1.65. The lowest BCUT2D eigenvalue weighted by Gasteiger charge is -2.02. The van der Waals surface area contributed by atoms with Crippen LogP contribution in [0.4, 0.5) is 5.13 Å². The molecule has 0 atom stereocenters. The van der Waals surface area contributed by atoms with Crippen molar-refractivity contribution in [1.82, 2.24) is 4.98 Å². The molecule has 1 aromatic carbocycles. The van der Waals surface area contributed by atoms with E-state index < -0.39 is 0 Å². The van der Waals surface area contributed by atoms with Gasteiger partial charge in [-0.1, -0.05) is 6.07 Å². The molecule has 2 aromatic heterocycles. The molecule has 0 aliphatic heterocycles. The molecule has 1 N–H and O–H groups in total. The lowest BCUT2D eigenvalue weighted by atomic mass is 10.1. The predicted octanol–water partition coefficient (Wildman–Crippen LogP) is 5.06. The number of nitrogens with zero attached hydrogens (tertiary/aromatic N) is 1. The number of thiazole rings is 1. The van der Waals surface area contributed by atoms with Gasteiger partial charge >= 0.3 is 0 Å². The van der Waals surface area contributed by atoms with Crippen LogP contribution in [0.15, 0.2) is 41.8 Å². The van der Waals surface area contributed by atoms with E-state index in [0.717, 1.165) is 27.6 Å². The molecular weight excluding hydrogens is 372 g/mol. The zero-order valence-corrected chi connectivity index (χ0v) is 16.4. The number of rotatable bonds is 7. The first-order valence-corrected chi connectivity index (χ1v) is 10.5. The quantitative estimate of drug-likeness (QED) is 0.613. The van der Waals surface area contributed by atoms with E-state index >= 15 is 0 Å². The highest BCUT2D eigenvalue weighted by Crippen LogP contribution is 2.31. The van der Waals surface area contributed by atoms with Gasteiger partial charge in [-0.2, -0.15) is 0 Å². The van der Waals surface area contributed by atoms with Gasteiger partial charge in [0.2, 0.25) is 5.91 Å². The molecule has 0 aliphatic rings. The Hall–Kier alpha value is -1.83. The summed E-state index contributed by atoms with van der Waals surface area (Å²) in [6.07, 6.45) is 0. The zero-order chi connectivity index (χ0) is 17.6. The number of aryl methyl sites for hydroxylation is 1. The fourth-order valence-electron chi connectivity index (χ4n) is 2.26. The van der Waals surface area contributed by atoms with Crippen molar-refractivity contribution in [2.45, 2.75) is 12.7 Å². The predicted molar refractivity (Wildman–Crippen MR) is 108 cm³/mol. The minimum atomic E-state index is -0.0170. The van der Waals surface area contributed by atoms with Gasteiger partial charge in [-0.15, -0.1) is 34.4 Å². The molecule has 0 bridgehead atoms. The minimum Gasteiger partial charge on any atom is -0.497 e. The van der Waals surface area contributed by atoms with E-state index in [4.69, 9.17) is 4.74 Å². The van der Waals surface area contributed by atoms with Gasteiger partial charge < -0.3 is 10.1 Å². The molecule has 130 valence electrons.